The second kappa shape index (κ2) is 8.90. The molecule has 0 aromatic heterocycles. The molecule has 1 N–H and O–H groups in total. The monoisotopic (exact) mass is 408 g/mol. The number of imide groups is 1. The van der Waals surface area contributed by atoms with Crippen LogP contribution in [0.2, 0.25) is 0 Å². The Balaban J connectivity index is 1.75. The Bertz CT molecular complexity index is 922. The van der Waals surface area contributed by atoms with Crippen molar-refractivity contribution in [2.24, 2.45) is 0 Å². The van der Waals surface area contributed by atoms with Crippen LogP contribution in [0.15, 0.2) is 42.5 Å². The van der Waals surface area contributed by atoms with Gasteiger partial charge in [-0.05, 0) is 80.8 Å². The zero-order chi connectivity index (χ0) is 21.9. The Hall–Kier alpha value is -2.82. The van der Waals surface area contributed by atoms with Crippen LogP contribution < -0.4 is 0 Å². The van der Waals surface area contributed by atoms with E-state index < -0.39 is 5.54 Å². The topological polar surface area (TPSA) is 60.9 Å². The number of amides is 3. The van der Waals surface area contributed by atoms with Crippen LogP contribution in [0.1, 0.15) is 55.4 Å². The van der Waals surface area contributed by atoms with E-state index in [0.29, 0.717) is 19.5 Å². The molecule has 0 spiro atoms. The van der Waals surface area contributed by atoms with Gasteiger partial charge in [0.05, 0.1) is 6.54 Å². The molecule has 160 valence electrons. The highest BCUT2D eigenvalue weighted by Gasteiger charge is 2.53. The van der Waals surface area contributed by atoms with Crippen molar-refractivity contribution in [3.8, 4) is 5.75 Å². The second-order valence-electron chi connectivity index (χ2n) is 8.54. The Morgan fingerprint density at radius 3 is 2.27 bits per heavy atom. The standard InChI is InChI=1S/C25H32N2O3/c1-5-15-27-24(30)26(17-21-9-8-18(2)19(3)16-21)23(29)25(27,4)14-6-7-20-10-12-22(28)13-11-20/h8-13,16,28H,5-7,14-15,17H2,1-4H3. The first-order valence-electron chi connectivity index (χ1n) is 10.7. The van der Waals surface area contributed by atoms with Crippen molar-refractivity contribution < 1.29 is 14.7 Å². The lowest BCUT2D eigenvalue weighted by atomic mass is 9.91. The lowest BCUT2D eigenvalue weighted by Gasteiger charge is -2.31. The fraction of sp³-hybridized carbons (Fsp3) is 0.440. The molecule has 0 radical (unpaired) electrons. The van der Waals surface area contributed by atoms with Crippen molar-refractivity contribution in [1.29, 1.82) is 0 Å². The summed E-state index contributed by atoms with van der Waals surface area (Å²) in [6.07, 6.45) is 3.01. The van der Waals surface area contributed by atoms with Crippen molar-refractivity contribution in [2.45, 2.75) is 65.5 Å². The molecule has 0 bridgehead atoms. The van der Waals surface area contributed by atoms with Gasteiger partial charge in [0, 0.05) is 6.54 Å². The Morgan fingerprint density at radius 1 is 0.967 bits per heavy atom. The summed E-state index contributed by atoms with van der Waals surface area (Å²) in [5.74, 6) is 0.142. The van der Waals surface area contributed by atoms with Gasteiger partial charge in [0.2, 0.25) is 0 Å². The van der Waals surface area contributed by atoms with Gasteiger partial charge in [-0.15, -0.1) is 0 Å². The maximum Gasteiger partial charge on any atom is 0.327 e. The molecule has 0 saturated carbocycles. The number of aromatic hydroxyl groups is 1. The summed E-state index contributed by atoms with van der Waals surface area (Å²) < 4.78 is 0. The van der Waals surface area contributed by atoms with Gasteiger partial charge < -0.3 is 10.0 Å². The summed E-state index contributed by atoms with van der Waals surface area (Å²) in [4.78, 5) is 29.7. The smallest absolute Gasteiger partial charge is 0.327 e. The van der Waals surface area contributed by atoms with Gasteiger partial charge in [0.1, 0.15) is 11.3 Å². The molecule has 1 atom stereocenters. The number of phenolic OH excluding ortho intramolecular Hbond substituents is 1. The van der Waals surface area contributed by atoms with E-state index in [4.69, 9.17) is 0 Å². The Kier molecular flexibility index (Phi) is 6.49. The number of benzene rings is 2. The van der Waals surface area contributed by atoms with Gasteiger partial charge in [0.15, 0.2) is 0 Å². The Morgan fingerprint density at radius 2 is 1.63 bits per heavy atom. The fourth-order valence-corrected chi connectivity index (χ4v) is 4.18. The van der Waals surface area contributed by atoms with Gasteiger partial charge in [-0.2, -0.15) is 0 Å². The molecule has 2 aromatic rings. The van der Waals surface area contributed by atoms with E-state index in [-0.39, 0.29) is 17.7 Å². The summed E-state index contributed by atoms with van der Waals surface area (Å²) in [6, 6.07) is 13.0. The van der Waals surface area contributed by atoms with Gasteiger partial charge in [-0.1, -0.05) is 37.3 Å². The van der Waals surface area contributed by atoms with E-state index in [1.165, 1.54) is 10.5 Å². The molecule has 3 amide bonds. The zero-order valence-corrected chi connectivity index (χ0v) is 18.4. The highest BCUT2D eigenvalue weighted by molar-refractivity contribution is 6.06. The summed E-state index contributed by atoms with van der Waals surface area (Å²) >= 11 is 0. The molecule has 1 saturated heterocycles. The summed E-state index contributed by atoms with van der Waals surface area (Å²) in [5, 5.41) is 9.44. The molecule has 3 rings (SSSR count). The van der Waals surface area contributed by atoms with E-state index >= 15 is 0 Å². The van der Waals surface area contributed by atoms with Crippen LogP contribution >= 0.6 is 0 Å². The highest BCUT2D eigenvalue weighted by Crippen LogP contribution is 2.34. The molecule has 30 heavy (non-hydrogen) atoms. The number of nitrogens with zero attached hydrogens (tertiary/aromatic N) is 2. The number of hydrogen-bond donors (Lipinski definition) is 1. The molecule has 0 aliphatic carbocycles. The van der Waals surface area contributed by atoms with Crippen molar-refractivity contribution in [1.82, 2.24) is 9.80 Å². The van der Waals surface area contributed by atoms with Crippen molar-refractivity contribution in [3.63, 3.8) is 0 Å². The average Bonchev–Trinajstić information content (AvgIpc) is 2.88. The van der Waals surface area contributed by atoms with Crippen molar-refractivity contribution >= 4 is 11.9 Å². The van der Waals surface area contributed by atoms with Crippen LogP contribution in [0.4, 0.5) is 4.79 Å². The molecule has 2 aromatic carbocycles. The van der Waals surface area contributed by atoms with Gasteiger partial charge in [-0.3, -0.25) is 9.69 Å². The maximum atomic E-state index is 13.4. The third kappa shape index (κ3) is 4.35. The van der Waals surface area contributed by atoms with Gasteiger partial charge in [0.25, 0.3) is 5.91 Å². The highest BCUT2D eigenvalue weighted by atomic mass is 16.3. The normalized spacial score (nSPS) is 19.1. The predicted molar refractivity (Wildman–Crippen MR) is 118 cm³/mol. The Labute approximate surface area is 179 Å². The molecule has 1 unspecified atom stereocenters. The minimum Gasteiger partial charge on any atom is -0.508 e. The maximum absolute atomic E-state index is 13.4. The zero-order valence-electron chi connectivity index (χ0n) is 18.4. The number of aryl methyl sites for hydroxylation is 3. The number of carbonyl (C=O) groups is 2. The number of rotatable bonds is 8. The van der Waals surface area contributed by atoms with E-state index in [1.54, 1.807) is 17.0 Å². The average molecular weight is 409 g/mol. The largest absolute Gasteiger partial charge is 0.508 e. The van der Waals surface area contributed by atoms with Crippen LogP contribution in [0.5, 0.6) is 5.75 Å². The second-order valence-corrected chi connectivity index (χ2v) is 8.54. The third-order valence-corrected chi connectivity index (χ3v) is 6.19. The lowest BCUT2D eigenvalue weighted by molar-refractivity contribution is -0.133. The predicted octanol–water partition coefficient (Wildman–Crippen LogP) is 4.96. The van der Waals surface area contributed by atoms with Crippen molar-refractivity contribution in [2.75, 3.05) is 6.54 Å². The van der Waals surface area contributed by atoms with Crippen molar-refractivity contribution in [3.05, 3.63) is 64.7 Å². The molecule has 1 heterocycles. The number of carbonyl (C=O) groups excluding carboxylic acids is 2. The summed E-state index contributed by atoms with van der Waals surface area (Å²) in [5.41, 5.74) is 3.63. The third-order valence-electron chi connectivity index (χ3n) is 6.19. The molecule has 1 aliphatic rings. The first kappa shape index (κ1) is 21.9. The summed E-state index contributed by atoms with van der Waals surface area (Å²) in [7, 11) is 0. The fourth-order valence-electron chi connectivity index (χ4n) is 4.18. The molecule has 5 heteroatoms. The van der Waals surface area contributed by atoms with Crippen LogP contribution in [0.3, 0.4) is 0 Å². The van der Waals surface area contributed by atoms with E-state index in [1.807, 2.05) is 45.0 Å². The van der Waals surface area contributed by atoms with E-state index in [9.17, 15) is 14.7 Å². The first-order chi connectivity index (χ1) is 14.3. The molecular weight excluding hydrogens is 376 g/mol. The number of urea groups is 1. The molecular formula is C25H32N2O3. The van der Waals surface area contributed by atoms with E-state index in [0.717, 1.165) is 36.0 Å². The lowest BCUT2D eigenvalue weighted by Crippen LogP contribution is -2.47. The molecule has 1 aliphatic heterocycles. The first-order valence-corrected chi connectivity index (χ1v) is 10.7. The summed E-state index contributed by atoms with van der Waals surface area (Å²) in [6.45, 7) is 8.92. The molecule has 5 nitrogen and oxygen atoms in total. The molecule has 1 fully saturated rings. The number of hydrogen-bond acceptors (Lipinski definition) is 3. The van der Waals surface area contributed by atoms with Crippen LogP contribution in [0, 0.1) is 13.8 Å². The SMILES string of the molecule is CCCN1C(=O)N(Cc2ccc(C)c(C)c2)C(=O)C1(C)CCCc1ccc(O)cc1. The minimum absolute atomic E-state index is 0.107. The van der Waals surface area contributed by atoms with Crippen LogP contribution in [0.25, 0.3) is 0 Å². The quantitative estimate of drug-likeness (QED) is 0.628. The van der Waals surface area contributed by atoms with Gasteiger partial charge in [-0.25, -0.2) is 4.79 Å². The van der Waals surface area contributed by atoms with Crippen LogP contribution in [-0.4, -0.2) is 38.9 Å². The minimum atomic E-state index is -0.816. The van der Waals surface area contributed by atoms with Gasteiger partial charge >= 0.3 is 6.03 Å². The van der Waals surface area contributed by atoms with Crippen LogP contribution in [-0.2, 0) is 17.8 Å². The number of phenols is 1. The van der Waals surface area contributed by atoms with E-state index in [2.05, 4.69) is 13.0 Å².